The summed E-state index contributed by atoms with van der Waals surface area (Å²) in [7, 11) is 0. The van der Waals surface area contributed by atoms with E-state index in [0.29, 0.717) is 5.56 Å². The Morgan fingerprint density at radius 3 is 2.00 bits per heavy atom. The summed E-state index contributed by atoms with van der Waals surface area (Å²) in [4.78, 5) is 10.8. The van der Waals surface area contributed by atoms with Gasteiger partial charge < -0.3 is 0 Å². The molecular weight excluding hydrogens is 202 g/mol. The van der Waals surface area contributed by atoms with Crippen molar-refractivity contribution in [1.82, 2.24) is 0 Å². The van der Waals surface area contributed by atoms with Crippen molar-refractivity contribution in [3.05, 3.63) is 38.4 Å². The van der Waals surface area contributed by atoms with Gasteiger partial charge in [0.05, 0.1) is 4.92 Å². The number of nitrogens with zero attached hydrogens (tertiary/aromatic N) is 1. The van der Waals surface area contributed by atoms with Crippen molar-refractivity contribution in [2.45, 2.75) is 47.0 Å². The zero-order valence-electron chi connectivity index (χ0n) is 10.8. The minimum Gasteiger partial charge on any atom is -0.258 e. The van der Waals surface area contributed by atoms with Crippen molar-refractivity contribution in [2.24, 2.45) is 0 Å². The van der Waals surface area contributed by atoms with Crippen LogP contribution in [0.2, 0.25) is 0 Å². The third-order valence-corrected chi connectivity index (χ3v) is 2.96. The lowest BCUT2D eigenvalue weighted by atomic mass is 9.82. The molecule has 0 heterocycles. The van der Waals surface area contributed by atoms with Crippen LogP contribution in [0.25, 0.3) is 0 Å². The maximum atomic E-state index is 11.1. The van der Waals surface area contributed by atoms with Gasteiger partial charge in [0.15, 0.2) is 0 Å². The molecule has 16 heavy (non-hydrogen) atoms. The van der Waals surface area contributed by atoms with Crippen LogP contribution in [-0.4, -0.2) is 4.92 Å². The SMILES string of the molecule is Cc1[c]c(C(C)(C)C)c([N+](=O)[O-])c(C)c1C. The molecule has 0 aliphatic rings. The van der Waals surface area contributed by atoms with Crippen LogP contribution in [0.5, 0.6) is 0 Å². The van der Waals surface area contributed by atoms with E-state index in [9.17, 15) is 10.1 Å². The molecule has 0 aromatic heterocycles. The van der Waals surface area contributed by atoms with Crippen molar-refractivity contribution in [2.75, 3.05) is 0 Å². The first kappa shape index (κ1) is 12.7. The summed E-state index contributed by atoms with van der Waals surface area (Å²) >= 11 is 0. The fourth-order valence-corrected chi connectivity index (χ4v) is 1.76. The number of benzene rings is 1. The summed E-state index contributed by atoms with van der Waals surface area (Å²) < 4.78 is 0. The fraction of sp³-hybridized carbons (Fsp3) is 0.538. The highest BCUT2D eigenvalue weighted by Gasteiger charge is 2.28. The van der Waals surface area contributed by atoms with Crippen molar-refractivity contribution >= 4 is 5.69 Å². The first-order valence-corrected chi connectivity index (χ1v) is 5.34. The summed E-state index contributed by atoms with van der Waals surface area (Å²) in [6.07, 6.45) is 0. The molecule has 0 fully saturated rings. The van der Waals surface area contributed by atoms with Gasteiger partial charge in [0.2, 0.25) is 0 Å². The molecule has 3 nitrogen and oxygen atoms in total. The minimum atomic E-state index is -0.293. The Morgan fingerprint density at radius 1 is 1.12 bits per heavy atom. The molecule has 1 radical (unpaired) electrons. The van der Waals surface area contributed by atoms with E-state index in [2.05, 4.69) is 6.07 Å². The zero-order chi connectivity index (χ0) is 12.7. The van der Waals surface area contributed by atoms with Crippen LogP contribution < -0.4 is 0 Å². The number of rotatable bonds is 1. The van der Waals surface area contributed by atoms with Crippen molar-refractivity contribution in [1.29, 1.82) is 0 Å². The smallest absolute Gasteiger partial charge is 0.258 e. The number of nitro benzene ring substituents is 1. The standard InChI is InChI=1S/C13H18NO2/c1-8-7-11(13(4,5)6)12(14(15)16)10(3)9(8)2/h1-6H3. The van der Waals surface area contributed by atoms with Crippen molar-refractivity contribution < 1.29 is 4.92 Å². The second-order valence-electron chi connectivity index (χ2n) is 5.23. The molecule has 87 valence electrons. The van der Waals surface area contributed by atoms with E-state index >= 15 is 0 Å². The molecule has 0 spiro atoms. The lowest BCUT2D eigenvalue weighted by molar-refractivity contribution is -0.386. The van der Waals surface area contributed by atoms with Gasteiger partial charge in [-0.2, -0.15) is 0 Å². The van der Waals surface area contributed by atoms with Crippen LogP contribution in [0.3, 0.4) is 0 Å². The average molecular weight is 220 g/mol. The van der Waals surface area contributed by atoms with Crippen LogP contribution in [0.15, 0.2) is 0 Å². The Labute approximate surface area is 96.6 Å². The average Bonchev–Trinajstić information content (AvgIpc) is 2.11. The van der Waals surface area contributed by atoms with E-state index in [1.165, 1.54) is 0 Å². The van der Waals surface area contributed by atoms with E-state index in [4.69, 9.17) is 0 Å². The Balaban J connectivity index is 3.67. The topological polar surface area (TPSA) is 43.1 Å². The highest BCUT2D eigenvalue weighted by molar-refractivity contribution is 5.55. The second-order valence-corrected chi connectivity index (χ2v) is 5.23. The van der Waals surface area contributed by atoms with E-state index in [1.807, 2.05) is 41.5 Å². The maximum Gasteiger partial charge on any atom is 0.276 e. The van der Waals surface area contributed by atoms with E-state index in [-0.39, 0.29) is 16.0 Å². The Hall–Kier alpha value is -1.38. The van der Waals surface area contributed by atoms with Gasteiger partial charge in [-0.1, -0.05) is 20.8 Å². The number of aryl methyl sites for hydroxylation is 1. The largest absolute Gasteiger partial charge is 0.276 e. The van der Waals surface area contributed by atoms with Crippen molar-refractivity contribution in [3.8, 4) is 0 Å². The zero-order valence-corrected chi connectivity index (χ0v) is 10.8. The Kier molecular flexibility index (Phi) is 3.08. The van der Waals surface area contributed by atoms with E-state index in [1.54, 1.807) is 0 Å². The van der Waals surface area contributed by atoms with Gasteiger partial charge >= 0.3 is 0 Å². The predicted octanol–water partition coefficient (Wildman–Crippen LogP) is 3.62. The Morgan fingerprint density at radius 2 is 1.62 bits per heavy atom. The maximum absolute atomic E-state index is 11.1. The van der Waals surface area contributed by atoms with Gasteiger partial charge in [0.25, 0.3) is 5.69 Å². The van der Waals surface area contributed by atoms with Crippen molar-refractivity contribution in [3.63, 3.8) is 0 Å². The Bertz CT molecular complexity index is 442. The lowest BCUT2D eigenvalue weighted by Crippen LogP contribution is -2.16. The monoisotopic (exact) mass is 220 g/mol. The second kappa shape index (κ2) is 3.89. The number of hydrogen-bond acceptors (Lipinski definition) is 2. The summed E-state index contributed by atoms with van der Waals surface area (Å²) in [6, 6.07) is 3.16. The molecule has 0 bridgehead atoms. The molecule has 3 heteroatoms. The highest BCUT2D eigenvalue weighted by atomic mass is 16.6. The van der Waals surface area contributed by atoms with Crippen LogP contribution in [0.4, 0.5) is 5.69 Å². The van der Waals surface area contributed by atoms with E-state index in [0.717, 1.165) is 16.7 Å². The minimum absolute atomic E-state index is 0.218. The molecular formula is C13H18NO2. The first-order chi connectivity index (χ1) is 7.16. The van der Waals surface area contributed by atoms with Gasteiger partial charge in [-0.3, -0.25) is 10.1 Å². The molecule has 0 amide bonds. The summed E-state index contributed by atoms with van der Waals surface area (Å²) in [5.74, 6) is 0. The quantitative estimate of drug-likeness (QED) is 0.536. The van der Waals surface area contributed by atoms with Gasteiger partial charge in [-0.05, 0) is 43.4 Å². The van der Waals surface area contributed by atoms with Gasteiger partial charge in [0, 0.05) is 11.1 Å². The molecule has 0 aliphatic carbocycles. The van der Waals surface area contributed by atoms with E-state index < -0.39 is 0 Å². The molecule has 0 saturated carbocycles. The first-order valence-electron chi connectivity index (χ1n) is 5.34. The third-order valence-electron chi connectivity index (χ3n) is 2.96. The molecule has 0 unspecified atom stereocenters. The molecule has 0 N–H and O–H groups in total. The number of hydrogen-bond donors (Lipinski definition) is 0. The highest BCUT2D eigenvalue weighted by Crippen LogP contribution is 2.35. The van der Waals surface area contributed by atoms with Gasteiger partial charge in [-0.25, -0.2) is 0 Å². The lowest BCUT2D eigenvalue weighted by Gasteiger charge is -2.21. The fourth-order valence-electron chi connectivity index (χ4n) is 1.76. The summed E-state index contributed by atoms with van der Waals surface area (Å²) in [5.41, 5.74) is 3.36. The normalized spacial score (nSPS) is 11.6. The molecule has 0 saturated heterocycles. The molecule has 0 atom stereocenters. The molecule has 1 rings (SSSR count). The summed E-state index contributed by atoms with van der Waals surface area (Å²) in [6.45, 7) is 11.6. The van der Waals surface area contributed by atoms with Gasteiger partial charge in [-0.15, -0.1) is 0 Å². The van der Waals surface area contributed by atoms with Gasteiger partial charge in [0.1, 0.15) is 0 Å². The number of nitro groups is 1. The predicted molar refractivity (Wildman–Crippen MR) is 64.8 cm³/mol. The third kappa shape index (κ3) is 2.08. The molecule has 1 aromatic rings. The van der Waals surface area contributed by atoms with Crippen LogP contribution >= 0.6 is 0 Å². The molecule has 1 aromatic carbocycles. The van der Waals surface area contributed by atoms with Crippen LogP contribution in [0, 0.1) is 37.0 Å². The molecule has 0 aliphatic heterocycles. The summed E-state index contributed by atoms with van der Waals surface area (Å²) in [5, 5.41) is 11.1. The van der Waals surface area contributed by atoms with Crippen LogP contribution in [0.1, 0.15) is 43.0 Å². The van der Waals surface area contributed by atoms with Crippen LogP contribution in [-0.2, 0) is 5.41 Å².